The Morgan fingerprint density at radius 3 is 1.82 bits per heavy atom. The lowest BCUT2D eigenvalue weighted by Crippen LogP contribution is -2.38. The number of hydrogen-bond donors (Lipinski definition) is 2. The molecule has 2 N–H and O–H groups in total. The number of carbonyl (C=O) groups excluding carboxylic acids is 1. The molecule has 38 heavy (non-hydrogen) atoms. The monoisotopic (exact) mass is 549 g/mol. The number of hydrogen-bond acceptors (Lipinski definition) is 5. The lowest BCUT2D eigenvalue weighted by Gasteiger charge is -2.24. The van der Waals surface area contributed by atoms with Crippen LogP contribution in [0.15, 0.2) is 113 Å². The summed E-state index contributed by atoms with van der Waals surface area (Å²) >= 11 is 0. The third-order valence-corrected chi connectivity index (χ3v) is 8.98. The van der Waals surface area contributed by atoms with Crippen molar-refractivity contribution < 1.29 is 21.6 Å². The lowest BCUT2D eigenvalue weighted by atomic mass is 10.1. The molecule has 0 atom stereocenters. The molecule has 0 unspecified atom stereocenters. The fourth-order valence-electron chi connectivity index (χ4n) is 3.85. The van der Waals surface area contributed by atoms with E-state index < -0.39 is 32.5 Å². The number of anilines is 3. The van der Waals surface area contributed by atoms with Gasteiger partial charge in [-0.05, 0) is 73.5 Å². The van der Waals surface area contributed by atoms with Crippen molar-refractivity contribution in [2.24, 2.45) is 0 Å². The predicted molar refractivity (Wildman–Crippen MR) is 149 cm³/mol. The molecule has 0 aliphatic heterocycles. The van der Waals surface area contributed by atoms with Gasteiger partial charge < -0.3 is 5.32 Å². The summed E-state index contributed by atoms with van der Waals surface area (Å²) in [4.78, 5) is 13.0. The Hall–Kier alpha value is -4.15. The van der Waals surface area contributed by atoms with Gasteiger partial charge in [0.25, 0.3) is 20.0 Å². The summed E-state index contributed by atoms with van der Waals surface area (Å²) in [5.74, 6) is -0.586. The van der Waals surface area contributed by atoms with E-state index in [0.29, 0.717) is 17.1 Å². The largest absolute Gasteiger partial charge is 0.325 e. The maximum Gasteiger partial charge on any atom is 0.264 e. The van der Waals surface area contributed by atoms with E-state index in [4.69, 9.17) is 0 Å². The molecule has 196 valence electrons. The van der Waals surface area contributed by atoms with Crippen molar-refractivity contribution in [1.82, 2.24) is 0 Å². The van der Waals surface area contributed by atoms with Gasteiger partial charge in [-0.15, -0.1) is 0 Å². The molecule has 1 amide bonds. The van der Waals surface area contributed by atoms with Crippen molar-refractivity contribution in [1.29, 1.82) is 0 Å². The van der Waals surface area contributed by atoms with Crippen molar-refractivity contribution >= 4 is 43.0 Å². The van der Waals surface area contributed by atoms with E-state index in [2.05, 4.69) is 10.0 Å². The minimum absolute atomic E-state index is 0.0238. The molecular formula is C28H27N3O5S2. The van der Waals surface area contributed by atoms with Crippen LogP contribution < -0.4 is 14.3 Å². The molecule has 0 bridgehead atoms. The van der Waals surface area contributed by atoms with E-state index in [1.165, 1.54) is 36.4 Å². The molecule has 0 aliphatic carbocycles. The summed E-state index contributed by atoms with van der Waals surface area (Å²) in [7, 11) is -7.88. The quantitative estimate of drug-likeness (QED) is 0.307. The Bertz CT molecular complexity index is 1620. The van der Waals surface area contributed by atoms with Gasteiger partial charge in [0.1, 0.15) is 6.54 Å². The second-order valence-corrected chi connectivity index (χ2v) is 12.1. The molecule has 4 aromatic carbocycles. The molecule has 8 nitrogen and oxygen atoms in total. The van der Waals surface area contributed by atoms with Crippen LogP contribution in [0, 0.1) is 13.8 Å². The minimum Gasteiger partial charge on any atom is -0.325 e. The van der Waals surface area contributed by atoms with Crippen LogP contribution in [0.2, 0.25) is 0 Å². The number of nitrogens with one attached hydrogen (secondary N) is 2. The summed E-state index contributed by atoms with van der Waals surface area (Å²) in [6, 6.07) is 27.4. The van der Waals surface area contributed by atoms with E-state index in [0.717, 1.165) is 15.4 Å². The van der Waals surface area contributed by atoms with E-state index >= 15 is 0 Å². The van der Waals surface area contributed by atoms with Gasteiger partial charge in [0.15, 0.2) is 0 Å². The number of aryl methyl sites for hydroxylation is 2. The van der Waals surface area contributed by atoms with Gasteiger partial charge in [-0.25, -0.2) is 16.8 Å². The van der Waals surface area contributed by atoms with E-state index in [1.807, 2.05) is 32.0 Å². The first-order valence-electron chi connectivity index (χ1n) is 11.7. The van der Waals surface area contributed by atoms with Crippen molar-refractivity contribution in [2.75, 3.05) is 20.9 Å². The van der Waals surface area contributed by atoms with Crippen molar-refractivity contribution in [3.63, 3.8) is 0 Å². The van der Waals surface area contributed by atoms with Crippen LogP contribution in [0.1, 0.15) is 11.1 Å². The molecule has 0 saturated carbocycles. The van der Waals surface area contributed by atoms with E-state index in [1.54, 1.807) is 48.5 Å². The summed E-state index contributed by atoms with van der Waals surface area (Å²) in [6.07, 6.45) is 0. The Morgan fingerprint density at radius 2 is 1.24 bits per heavy atom. The second kappa shape index (κ2) is 11.1. The molecule has 4 aromatic rings. The van der Waals surface area contributed by atoms with Gasteiger partial charge in [-0.1, -0.05) is 54.6 Å². The molecule has 0 spiro atoms. The van der Waals surface area contributed by atoms with Crippen LogP contribution in [0.25, 0.3) is 0 Å². The summed E-state index contributed by atoms with van der Waals surface area (Å²) in [5, 5.41) is 2.65. The maximum atomic E-state index is 13.3. The second-order valence-electron chi connectivity index (χ2n) is 8.61. The molecule has 0 saturated heterocycles. The summed E-state index contributed by atoms with van der Waals surface area (Å²) < 4.78 is 56.2. The highest BCUT2D eigenvalue weighted by molar-refractivity contribution is 7.93. The number of para-hydroxylation sites is 2. The maximum absolute atomic E-state index is 13.3. The average molecular weight is 550 g/mol. The highest BCUT2D eigenvalue weighted by Gasteiger charge is 2.27. The molecule has 4 rings (SSSR count). The number of carbonyl (C=O) groups is 1. The first-order valence-corrected chi connectivity index (χ1v) is 14.6. The SMILES string of the molecule is Cc1cccc(C)c1NS(=O)(=O)c1ccc(NC(=O)CN(c2ccccc2)S(=O)(=O)c2ccccc2)cc1. The molecule has 0 heterocycles. The van der Waals surface area contributed by atoms with Gasteiger partial charge in [-0.3, -0.25) is 13.8 Å². The number of sulfonamides is 2. The standard InChI is InChI=1S/C28H27N3O5S2/c1-21-10-9-11-22(2)28(21)30-37(33,34)25-18-16-23(17-19-25)29-27(32)20-31(24-12-5-3-6-13-24)38(35,36)26-14-7-4-8-15-26/h3-19,30H,20H2,1-2H3,(H,29,32). The predicted octanol–water partition coefficient (Wildman–Crippen LogP) is 4.94. The molecule has 0 aromatic heterocycles. The van der Waals surface area contributed by atoms with Crippen LogP contribution in [0.5, 0.6) is 0 Å². The van der Waals surface area contributed by atoms with Crippen molar-refractivity contribution in [3.8, 4) is 0 Å². The Morgan fingerprint density at radius 1 is 0.684 bits per heavy atom. The third kappa shape index (κ3) is 6.04. The number of rotatable bonds is 9. The molecule has 0 aliphatic rings. The van der Waals surface area contributed by atoms with Gasteiger partial charge >= 0.3 is 0 Å². The zero-order chi connectivity index (χ0) is 27.3. The highest BCUT2D eigenvalue weighted by Crippen LogP contribution is 2.25. The first kappa shape index (κ1) is 26.9. The zero-order valence-corrected chi connectivity index (χ0v) is 22.5. The Kier molecular flexibility index (Phi) is 7.84. The van der Waals surface area contributed by atoms with E-state index in [9.17, 15) is 21.6 Å². The smallest absolute Gasteiger partial charge is 0.264 e. The summed E-state index contributed by atoms with van der Waals surface area (Å²) in [5.41, 5.74) is 2.78. The van der Waals surface area contributed by atoms with Crippen LogP contribution >= 0.6 is 0 Å². The lowest BCUT2D eigenvalue weighted by molar-refractivity contribution is -0.114. The van der Waals surface area contributed by atoms with Crippen LogP contribution in [0.4, 0.5) is 17.1 Å². The molecule has 0 fully saturated rings. The molecule has 10 heteroatoms. The third-order valence-electron chi connectivity index (χ3n) is 5.83. The van der Waals surface area contributed by atoms with E-state index in [-0.39, 0.29) is 9.79 Å². The normalized spacial score (nSPS) is 11.5. The number of nitrogens with zero attached hydrogens (tertiary/aromatic N) is 1. The minimum atomic E-state index is -4.02. The van der Waals surface area contributed by atoms with Crippen LogP contribution in [-0.2, 0) is 24.8 Å². The van der Waals surface area contributed by atoms with Gasteiger partial charge in [0.05, 0.1) is 21.2 Å². The fraction of sp³-hybridized carbons (Fsp3) is 0.107. The highest BCUT2D eigenvalue weighted by atomic mass is 32.2. The van der Waals surface area contributed by atoms with Crippen molar-refractivity contribution in [3.05, 3.63) is 114 Å². The molecule has 0 radical (unpaired) electrons. The number of benzene rings is 4. The van der Waals surface area contributed by atoms with Gasteiger partial charge in [0.2, 0.25) is 5.91 Å². The summed E-state index contributed by atoms with van der Waals surface area (Å²) in [6.45, 7) is 3.16. The van der Waals surface area contributed by atoms with Crippen molar-refractivity contribution in [2.45, 2.75) is 23.6 Å². The topological polar surface area (TPSA) is 113 Å². The first-order chi connectivity index (χ1) is 18.1. The zero-order valence-electron chi connectivity index (χ0n) is 20.8. The van der Waals surface area contributed by atoms with Crippen LogP contribution in [-0.4, -0.2) is 29.3 Å². The number of amides is 1. The average Bonchev–Trinajstić information content (AvgIpc) is 2.91. The molecular weight excluding hydrogens is 522 g/mol. The van der Waals surface area contributed by atoms with Gasteiger partial charge in [-0.2, -0.15) is 0 Å². The van der Waals surface area contributed by atoms with Gasteiger partial charge in [0, 0.05) is 5.69 Å². The Labute approximate surface area is 223 Å². The fourth-order valence-corrected chi connectivity index (χ4v) is 6.49. The van der Waals surface area contributed by atoms with Crippen LogP contribution in [0.3, 0.4) is 0 Å². The Balaban J connectivity index is 1.52.